The average Bonchev–Trinajstić information content (AvgIpc) is 2.45. The molecule has 0 aliphatic carbocycles. The van der Waals surface area contributed by atoms with E-state index in [0.717, 1.165) is 12.3 Å². The molecule has 1 aromatic heterocycles. The topological polar surface area (TPSA) is 54.5 Å². The van der Waals surface area contributed by atoms with E-state index in [2.05, 4.69) is 10.3 Å². The van der Waals surface area contributed by atoms with Crippen molar-refractivity contribution in [1.82, 2.24) is 15.2 Å². The van der Waals surface area contributed by atoms with Crippen LogP contribution in [0.5, 0.6) is 0 Å². The zero-order chi connectivity index (χ0) is 17.3. The minimum absolute atomic E-state index is 0.234. The number of alkyl halides is 3. The summed E-state index contributed by atoms with van der Waals surface area (Å²) in [6.07, 6.45) is -2.74. The number of pyridine rings is 1. The maximum atomic E-state index is 12.8. The summed E-state index contributed by atoms with van der Waals surface area (Å²) in [6.45, 7) is 6.44. The number of rotatable bonds is 1. The lowest BCUT2D eigenvalue weighted by molar-refractivity contribution is -0.137. The van der Waals surface area contributed by atoms with Gasteiger partial charge in [0.25, 0.3) is 0 Å². The van der Waals surface area contributed by atoms with Crippen molar-refractivity contribution in [2.24, 2.45) is 0 Å². The van der Waals surface area contributed by atoms with Gasteiger partial charge in [-0.25, -0.2) is 4.79 Å². The lowest BCUT2D eigenvalue weighted by atomic mass is 10.0. The molecule has 1 unspecified atom stereocenters. The number of hydrogen-bond donors (Lipinski definition) is 1. The predicted molar refractivity (Wildman–Crippen MR) is 77.8 cm³/mol. The molecular formula is C15H20F3N3O2. The molecule has 1 atom stereocenters. The van der Waals surface area contributed by atoms with Gasteiger partial charge in [0.15, 0.2) is 0 Å². The molecule has 1 saturated heterocycles. The van der Waals surface area contributed by atoms with Crippen molar-refractivity contribution < 1.29 is 22.7 Å². The molecule has 23 heavy (non-hydrogen) atoms. The van der Waals surface area contributed by atoms with Crippen molar-refractivity contribution in [3.8, 4) is 0 Å². The highest BCUT2D eigenvalue weighted by Gasteiger charge is 2.33. The number of piperazine rings is 1. The summed E-state index contributed by atoms with van der Waals surface area (Å²) in [6, 6.07) is 0.648. The van der Waals surface area contributed by atoms with Gasteiger partial charge in [-0.15, -0.1) is 0 Å². The van der Waals surface area contributed by atoms with Crippen molar-refractivity contribution in [1.29, 1.82) is 0 Å². The fourth-order valence-electron chi connectivity index (χ4n) is 2.27. The van der Waals surface area contributed by atoms with Crippen molar-refractivity contribution in [3.05, 3.63) is 29.6 Å². The second kappa shape index (κ2) is 6.35. The van der Waals surface area contributed by atoms with Gasteiger partial charge >= 0.3 is 12.3 Å². The van der Waals surface area contributed by atoms with E-state index in [1.807, 2.05) is 0 Å². The molecule has 1 aromatic rings. The maximum absolute atomic E-state index is 12.8. The van der Waals surface area contributed by atoms with E-state index in [4.69, 9.17) is 4.74 Å². The minimum atomic E-state index is -4.44. The van der Waals surface area contributed by atoms with Crippen LogP contribution in [0.2, 0.25) is 0 Å². The SMILES string of the molecule is CC(C)(C)OC(=O)N1CCNC(c2cncc(C(F)(F)F)c2)C1. The van der Waals surface area contributed by atoms with E-state index in [-0.39, 0.29) is 6.54 Å². The van der Waals surface area contributed by atoms with Gasteiger partial charge in [-0.3, -0.25) is 4.98 Å². The number of nitrogens with zero attached hydrogens (tertiary/aromatic N) is 2. The Morgan fingerprint density at radius 3 is 2.65 bits per heavy atom. The van der Waals surface area contributed by atoms with E-state index in [1.54, 1.807) is 20.8 Å². The number of hydrogen-bond acceptors (Lipinski definition) is 4. The molecular weight excluding hydrogens is 311 g/mol. The van der Waals surface area contributed by atoms with Crippen molar-refractivity contribution >= 4 is 6.09 Å². The molecule has 2 rings (SSSR count). The molecule has 2 heterocycles. The summed E-state index contributed by atoms with van der Waals surface area (Å²) in [7, 11) is 0. The minimum Gasteiger partial charge on any atom is -0.444 e. The Morgan fingerprint density at radius 1 is 1.35 bits per heavy atom. The number of amides is 1. The molecule has 1 fully saturated rings. The molecule has 1 aliphatic rings. The van der Waals surface area contributed by atoms with Gasteiger partial charge in [0, 0.05) is 32.0 Å². The van der Waals surface area contributed by atoms with Gasteiger partial charge in [0.05, 0.1) is 11.6 Å². The van der Waals surface area contributed by atoms with E-state index >= 15 is 0 Å². The maximum Gasteiger partial charge on any atom is 0.417 e. The molecule has 0 aromatic carbocycles. The highest BCUT2D eigenvalue weighted by Crippen LogP contribution is 2.30. The highest BCUT2D eigenvalue weighted by atomic mass is 19.4. The molecule has 0 spiro atoms. The Balaban J connectivity index is 2.11. The van der Waals surface area contributed by atoms with Crippen LogP contribution in [0.4, 0.5) is 18.0 Å². The van der Waals surface area contributed by atoms with Crippen molar-refractivity contribution in [2.45, 2.75) is 38.6 Å². The van der Waals surface area contributed by atoms with Crippen LogP contribution in [0.1, 0.15) is 37.9 Å². The summed E-state index contributed by atoms with van der Waals surface area (Å²) in [5.41, 5.74) is -1.02. The Bertz CT molecular complexity index is 570. The molecule has 1 N–H and O–H groups in total. The first-order valence-corrected chi connectivity index (χ1v) is 7.30. The zero-order valence-electron chi connectivity index (χ0n) is 13.3. The predicted octanol–water partition coefficient (Wildman–Crippen LogP) is 2.98. The van der Waals surface area contributed by atoms with E-state index < -0.39 is 29.5 Å². The van der Waals surface area contributed by atoms with Crippen LogP contribution < -0.4 is 5.32 Å². The second-order valence-corrected chi connectivity index (χ2v) is 6.44. The van der Waals surface area contributed by atoms with Crippen LogP contribution in [0.15, 0.2) is 18.5 Å². The largest absolute Gasteiger partial charge is 0.444 e. The fraction of sp³-hybridized carbons (Fsp3) is 0.600. The fourth-order valence-corrected chi connectivity index (χ4v) is 2.27. The summed E-state index contributed by atoms with van der Waals surface area (Å²) in [5.74, 6) is 0. The molecule has 0 bridgehead atoms. The second-order valence-electron chi connectivity index (χ2n) is 6.44. The molecule has 5 nitrogen and oxygen atoms in total. The summed E-state index contributed by atoms with van der Waals surface area (Å²) in [4.78, 5) is 17.3. The number of nitrogens with one attached hydrogen (secondary N) is 1. The van der Waals surface area contributed by atoms with Gasteiger partial charge in [-0.2, -0.15) is 13.2 Å². The Kier molecular flexibility index (Phi) is 4.84. The quantitative estimate of drug-likeness (QED) is 0.859. The van der Waals surface area contributed by atoms with E-state index in [9.17, 15) is 18.0 Å². The number of carbonyl (C=O) groups is 1. The molecule has 8 heteroatoms. The third-order valence-electron chi connectivity index (χ3n) is 3.32. The lowest BCUT2D eigenvalue weighted by Crippen LogP contribution is -2.49. The smallest absolute Gasteiger partial charge is 0.417 e. The van der Waals surface area contributed by atoms with Crippen LogP contribution in [0, 0.1) is 0 Å². The molecule has 1 amide bonds. The Labute approximate surface area is 132 Å². The first-order chi connectivity index (χ1) is 10.6. The average molecular weight is 331 g/mol. The zero-order valence-corrected chi connectivity index (χ0v) is 13.3. The third kappa shape index (κ3) is 4.82. The van der Waals surface area contributed by atoms with Crippen molar-refractivity contribution in [3.63, 3.8) is 0 Å². The summed E-state index contributed by atoms with van der Waals surface area (Å²) < 4.78 is 43.6. The van der Waals surface area contributed by atoms with Crippen LogP contribution in [0.3, 0.4) is 0 Å². The first-order valence-electron chi connectivity index (χ1n) is 7.30. The molecule has 0 saturated carbocycles. The number of carbonyl (C=O) groups excluding carboxylic acids is 1. The molecule has 128 valence electrons. The van der Waals surface area contributed by atoms with Gasteiger partial charge in [0.1, 0.15) is 5.60 Å². The van der Waals surface area contributed by atoms with Crippen LogP contribution in [-0.2, 0) is 10.9 Å². The van der Waals surface area contributed by atoms with Gasteiger partial charge < -0.3 is 15.0 Å². The highest BCUT2D eigenvalue weighted by molar-refractivity contribution is 5.68. The van der Waals surface area contributed by atoms with Crippen molar-refractivity contribution in [2.75, 3.05) is 19.6 Å². The number of halogens is 3. The third-order valence-corrected chi connectivity index (χ3v) is 3.32. The van der Waals surface area contributed by atoms with Gasteiger partial charge in [-0.05, 0) is 32.4 Å². The van der Waals surface area contributed by atoms with Crippen LogP contribution in [-0.4, -0.2) is 41.2 Å². The first kappa shape index (κ1) is 17.5. The van der Waals surface area contributed by atoms with Gasteiger partial charge in [0.2, 0.25) is 0 Å². The normalized spacial score (nSPS) is 19.6. The summed E-state index contributed by atoms with van der Waals surface area (Å²) in [5, 5.41) is 3.10. The monoisotopic (exact) mass is 331 g/mol. The molecule has 0 radical (unpaired) electrons. The van der Waals surface area contributed by atoms with Gasteiger partial charge in [-0.1, -0.05) is 0 Å². The van der Waals surface area contributed by atoms with E-state index in [1.165, 1.54) is 11.1 Å². The Morgan fingerprint density at radius 2 is 2.04 bits per heavy atom. The Hall–Kier alpha value is -1.83. The number of ether oxygens (including phenoxy) is 1. The van der Waals surface area contributed by atoms with Crippen LogP contribution >= 0.6 is 0 Å². The standard InChI is InChI=1S/C15H20F3N3O2/c1-14(2,3)23-13(22)21-5-4-20-12(9-21)10-6-11(8-19-7-10)15(16,17)18/h6-8,12,20H,4-5,9H2,1-3H3. The lowest BCUT2D eigenvalue weighted by Gasteiger charge is -2.35. The number of aromatic nitrogens is 1. The molecule has 1 aliphatic heterocycles. The summed E-state index contributed by atoms with van der Waals surface area (Å²) >= 11 is 0. The van der Waals surface area contributed by atoms with E-state index in [0.29, 0.717) is 18.7 Å². The van der Waals surface area contributed by atoms with Crippen LogP contribution in [0.25, 0.3) is 0 Å².